The highest BCUT2D eigenvalue weighted by molar-refractivity contribution is 5.63. The van der Waals surface area contributed by atoms with Gasteiger partial charge in [0, 0.05) is 12.1 Å². The molecule has 6 heteroatoms. The minimum Gasteiger partial charge on any atom is -0.496 e. The van der Waals surface area contributed by atoms with Crippen molar-refractivity contribution in [3.05, 3.63) is 63.2 Å². The van der Waals surface area contributed by atoms with E-state index in [0.29, 0.717) is 5.69 Å². The molecule has 0 spiro atoms. The van der Waals surface area contributed by atoms with Gasteiger partial charge in [-0.2, -0.15) is 5.26 Å². The first kappa shape index (κ1) is 14.9. The van der Waals surface area contributed by atoms with Gasteiger partial charge in [0.1, 0.15) is 11.8 Å². The van der Waals surface area contributed by atoms with Crippen LogP contribution in [-0.2, 0) is 6.42 Å². The van der Waals surface area contributed by atoms with Crippen LogP contribution in [0.25, 0.3) is 0 Å². The molecule has 0 radical (unpaired) electrons. The summed E-state index contributed by atoms with van der Waals surface area (Å²) >= 11 is 0. The van der Waals surface area contributed by atoms with Gasteiger partial charge in [-0.1, -0.05) is 12.1 Å². The third-order valence-electron chi connectivity index (χ3n) is 4.11. The van der Waals surface area contributed by atoms with E-state index < -0.39 is 4.92 Å². The van der Waals surface area contributed by atoms with Crippen LogP contribution in [0.15, 0.2) is 36.4 Å². The molecule has 0 amide bonds. The minimum absolute atomic E-state index is 0.0636. The van der Waals surface area contributed by atoms with Gasteiger partial charge < -0.3 is 10.1 Å². The lowest BCUT2D eigenvalue weighted by Gasteiger charge is -2.17. The van der Waals surface area contributed by atoms with Gasteiger partial charge in [-0.25, -0.2) is 0 Å². The monoisotopic (exact) mass is 309 g/mol. The molecule has 0 fully saturated rings. The van der Waals surface area contributed by atoms with Crippen molar-refractivity contribution in [1.29, 1.82) is 5.26 Å². The highest BCUT2D eigenvalue weighted by Crippen LogP contribution is 2.39. The van der Waals surface area contributed by atoms with E-state index in [0.717, 1.165) is 24.2 Å². The Bertz CT molecular complexity index is 811. The number of nitrogens with one attached hydrogen (secondary N) is 1. The molecular formula is C17H15N3O3. The summed E-state index contributed by atoms with van der Waals surface area (Å²) in [6, 6.07) is 12.3. The number of nitro benzene ring substituents is 1. The molecule has 0 aromatic heterocycles. The maximum absolute atomic E-state index is 10.8. The Labute approximate surface area is 133 Å². The summed E-state index contributed by atoms with van der Waals surface area (Å²) in [5.74, 6) is 0.871. The fourth-order valence-corrected chi connectivity index (χ4v) is 3.01. The zero-order valence-electron chi connectivity index (χ0n) is 12.6. The van der Waals surface area contributed by atoms with Crippen LogP contribution in [0.4, 0.5) is 11.4 Å². The Balaban J connectivity index is 1.91. The third-order valence-corrected chi connectivity index (χ3v) is 4.11. The van der Waals surface area contributed by atoms with Crippen molar-refractivity contribution in [2.24, 2.45) is 0 Å². The number of ether oxygens (including phenoxy) is 1. The summed E-state index contributed by atoms with van der Waals surface area (Å²) in [4.78, 5) is 10.3. The van der Waals surface area contributed by atoms with E-state index >= 15 is 0 Å². The van der Waals surface area contributed by atoms with Crippen LogP contribution < -0.4 is 10.1 Å². The first-order valence-corrected chi connectivity index (χ1v) is 7.25. The molecule has 0 bridgehead atoms. The second kappa shape index (κ2) is 5.97. The summed E-state index contributed by atoms with van der Waals surface area (Å²) in [6.45, 7) is 0. The molecule has 6 nitrogen and oxygen atoms in total. The van der Waals surface area contributed by atoms with Crippen molar-refractivity contribution in [2.75, 3.05) is 12.4 Å². The van der Waals surface area contributed by atoms with Crippen LogP contribution in [0.2, 0.25) is 0 Å². The molecule has 0 saturated carbocycles. The standard InChI is InChI=1S/C17H15N3O3/c1-23-17-4-2-3-13-14(17)6-8-16(13)19-15-7-5-12(20(21)22)9-11(15)10-18/h2-5,7,9,16,19H,6,8H2,1H3. The predicted octanol–water partition coefficient (Wildman–Crippen LogP) is 3.57. The maximum Gasteiger partial charge on any atom is 0.270 e. The first-order chi connectivity index (χ1) is 11.1. The molecule has 1 N–H and O–H groups in total. The highest BCUT2D eigenvalue weighted by Gasteiger charge is 2.25. The SMILES string of the molecule is COc1cccc2c1CCC2Nc1ccc([N+](=O)[O-])cc1C#N. The van der Waals surface area contributed by atoms with Gasteiger partial charge in [0.2, 0.25) is 0 Å². The van der Waals surface area contributed by atoms with Gasteiger partial charge in [-0.3, -0.25) is 10.1 Å². The van der Waals surface area contributed by atoms with Gasteiger partial charge in [0.25, 0.3) is 5.69 Å². The number of benzene rings is 2. The number of non-ortho nitro benzene ring substituents is 1. The summed E-state index contributed by atoms with van der Waals surface area (Å²) in [5, 5.41) is 23.4. The third kappa shape index (κ3) is 2.69. The zero-order chi connectivity index (χ0) is 16.4. The van der Waals surface area contributed by atoms with Crippen molar-refractivity contribution >= 4 is 11.4 Å². The number of rotatable bonds is 4. The summed E-state index contributed by atoms with van der Waals surface area (Å²) in [5.41, 5.74) is 3.12. The van der Waals surface area contributed by atoms with Crippen molar-refractivity contribution in [3.8, 4) is 11.8 Å². The molecule has 0 heterocycles. The van der Waals surface area contributed by atoms with E-state index in [9.17, 15) is 15.4 Å². The van der Waals surface area contributed by atoms with Gasteiger partial charge in [0.05, 0.1) is 29.3 Å². The quantitative estimate of drug-likeness (QED) is 0.689. The molecule has 23 heavy (non-hydrogen) atoms. The largest absolute Gasteiger partial charge is 0.496 e. The van der Waals surface area contributed by atoms with Crippen LogP contribution >= 0.6 is 0 Å². The molecule has 1 unspecified atom stereocenters. The van der Waals surface area contributed by atoms with Crippen LogP contribution in [0.5, 0.6) is 5.75 Å². The van der Waals surface area contributed by atoms with E-state index in [4.69, 9.17) is 4.74 Å². The van der Waals surface area contributed by atoms with Crippen LogP contribution in [-0.4, -0.2) is 12.0 Å². The van der Waals surface area contributed by atoms with E-state index in [1.165, 1.54) is 17.7 Å². The number of nitriles is 1. The average Bonchev–Trinajstić information content (AvgIpc) is 2.98. The summed E-state index contributed by atoms with van der Waals surface area (Å²) in [7, 11) is 1.65. The number of methoxy groups -OCH3 is 1. The maximum atomic E-state index is 10.8. The molecule has 2 aromatic carbocycles. The fourth-order valence-electron chi connectivity index (χ4n) is 3.01. The Morgan fingerprint density at radius 3 is 2.91 bits per heavy atom. The van der Waals surface area contributed by atoms with Gasteiger partial charge in [-0.15, -0.1) is 0 Å². The van der Waals surface area contributed by atoms with E-state index in [2.05, 4.69) is 5.32 Å². The van der Waals surface area contributed by atoms with E-state index in [-0.39, 0.29) is 17.3 Å². The lowest BCUT2D eigenvalue weighted by atomic mass is 10.1. The number of hydrogen-bond acceptors (Lipinski definition) is 5. The summed E-state index contributed by atoms with van der Waals surface area (Å²) < 4.78 is 5.39. The van der Waals surface area contributed by atoms with Crippen molar-refractivity contribution in [1.82, 2.24) is 0 Å². The lowest BCUT2D eigenvalue weighted by Crippen LogP contribution is -2.08. The molecule has 1 aliphatic carbocycles. The molecule has 0 aliphatic heterocycles. The molecule has 0 saturated heterocycles. The Morgan fingerprint density at radius 2 is 2.22 bits per heavy atom. The fraction of sp³-hybridized carbons (Fsp3) is 0.235. The zero-order valence-corrected chi connectivity index (χ0v) is 12.6. The van der Waals surface area contributed by atoms with Gasteiger partial charge in [0.15, 0.2) is 0 Å². The Hall–Kier alpha value is -3.07. The van der Waals surface area contributed by atoms with E-state index in [1.807, 2.05) is 24.3 Å². The molecule has 2 aromatic rings. The van der Waals surface area contributed by atoms with E-state index in [1.54, 1.807) is 13.2 Å². The van der Waals surface area contributed by atoms with Gasteiger partial charge >= 0.3 is 0 Å². The van der Waals surface area contributed by atoms with Crippen molar-refractivity contribution < 1.29 is 9.66 Å². The smallest absolute Gasteiger partial charge is 0.270 e. The summed E-state index contributed by atoms with van der Waals surface area (Å²) in [6.07, 6.45) is 1.78. The molecule has 1 atom stereocenters. The number of hydrogen-bond donors (Lipinski definition) is 1. The Kier molecular flexibility index (Phi) is 3.85. The van der Waals surface area contributed by atoms with Crippen molar-refractivity contribution in [2.45, 2.75) is 18.9 Å². The normalized spacial score (nSPS) is 15.6. The van der Waals surface area contributed by atoms with Crippen LogP contribution in [0.1, 0.15) is 29.2 Å². The molecule has 1 aliphatic rings. The number of fused-ring (bicyclic) bond motifs is 1. The number of nitrogens with zero attached hydrogens (tertiary/aromatic N) is 2. The number of anilines is 1. The molecule has 116 valence electrons. The lowest BCUT2D eigenvalue weighted by molar-refractivity contribution is -0.384. The Morgan fingerprint density at radius 1 is 1.39 bits per heavy atom. The van der Waals surface area contributed by atoms with Crippen molar-refractivity contribution in [3.63, 3.8) is 0 Å². The molecule has 3 rings (SSSR count). The van der Waals surface area contributed by atoms with Gasteiger partial charge in [-0.05, 0) is 36.1 Å². The van der Waals surface area contributed by atoms with Crippen LogP contribution in [0.3, 0.4) is 0 Å². The topological polar surface area (TPSA) is 88.2 Å². The predicted molar refractivity (Wildman–Crippen MR) is 85.5 cm³/mol. The van der Waals surface area contributed by atoms with Crippen LogP contribution in [0, 0.1) is 21.4 Å². The minimum atomic E-state index is -0.500. The second-order valence-corrected chi connectivity index (χ2v) is 5.36. The second-order valence-electron chi connectivity index (χ2n) is 5.36. The molecular weight excluding hydrogens is 294 g/mol. The first-order valence-electron chi connectivity index (χ1n) is 7.25. The average molecular weight is 309 g/mol. The number of nitro groups is 1. The highest BCUT2D eigenvalue weighted by atomic mass is 16.6.